The van der Waals surface area contributed by atoms with Crippen molar-refractivity contribution >= 4 is 10.2 Å². The van der Waals surface area contributed by atoms with E-state index in [2.05, 4.69) is 5.32 Å². The van der Waals surface area contributed by atoms with Crippen molar-refractivity contribution in [2.75, 3.05) is 34.4 Å². The topological polar surface area (TPSA) is 39.7 Å². The summed E-state index contributed by atoms with van der Waals surface area (Å²) in [5.41, 5.74) is 0. The molecule has 0 aromatic rings. The van der Waals surface area contributed by atoms with Gasteiger partial charge in [-0.2, -0.15) is 0 Å². The number of nitrogens with one attached hydrogen (secondary N) is 1. The van der Waals surface area contributed by atoms with Crippen LogP contribution in [0, 0.1) is 0 Å². The summed E-state index contributed by atoms with van der Waals surface area (Å²) in [4.78, 5) is 0. The normalized spacial score (nSPS) is 12.2. The molecule has 0 saturated heterocycles. The zero-order valence-electron chi connectivity index (χ0n) is 10.5. The molecule has 0 aliphatic carbocycles. The van der Waals surface area contributed by atoms with Crippen LogP contribution in [0.25, 0.3) is 0 Å². The molecule has 0 aliphatic heterocycles. The summed E-state index contributed by atoms with van der Waals surface area (Å²) in [5.74, 6) is -0.862. The summed E-state index contributed by atoms with van der Waals surface area (Å²) in [7, 11) is 6.10. The molecule has 0 saturated carbocycles. The van der Waals surface area contributed by atoms with Gasteiger partial charge in [-0.25, -0.2) is 0 Å². The Balaban J connectivity index is 3.54. The first kappa shape index (κ1) is 15.1. The van der Waals surface area contributed by atoms with Crippen LogP contribution in [-0.4, -0.2) is 50.6 Å². The lowest BCUT2D eigenvalue weighted by atomic mass is 10.2. The summed E-state index contributed by atoms with van der Waals surface area (Å²) in [6, 6.07) is 1.37. The van der Waals surface area contributed by atoms with Gasteiger partial charge in [0.05, 0.1) is 0 Å². The summed E-state index contributed by atoms with van der Waals surface area (Å²) in [6.07, 6.45) is 3.01. The van der Waals surface area contributed by atoms with Gasteiger partial charge < -0.3 is 19.5 Å². The van der Waals surface area contributed by atoms with E-state index in [4.69, 9.17) is 14.2 Å². The van der Waals surface area contributed by atoms with Gasteiger partial charge in [-0.15, -0.1) is 0 Å². The summed E-state index contributed by atoms with van der Waals surface area (Å²) >= 11 is 0. The van der Waals surface area contributed by atoms with Gasteiger partial charge in [0, 0.05) is 38.0 Å². The molecule has 0 aromatic heterocycles. The Bertz CT molecular complexity index is 134. The first-order valence-electron chi connectivity index (χ1n) is 5.60. The Labute approximate surface area is 96.1 Å². The molecule has 5 heteroatoms. The van der Waals surface area contributed by atoms with Gasteiger partial charge in [0.2, 0.25) is 0 Å². The van der Waals surface area contributed by atoms with E-state index < -0.39 is 5.97 Å². The van der Waals surface area contributed by atoms with E-state index in [9.17, 15) is 0 Å². The highest BCUT2D eigenvalue weighted by Crippen LogP contribution is 2.18. The van der Waals surface area contributed by atoms with Crippen molar-refractivity contribution in [3.8, 4) is 0 Å². The van der Waals surface area contributed by atoms with Crippen LogP contribution in [0.2, 0.25) is 6.04 Å². The second-order valence-corrected chi connectivity index (χ2v) is 4.50. The first-order chi connectivity index (χ1) is 7.24. The van der Waals surface area contributed by atoms with Crippen molar-refractivity contribution in [2.24, 2.45) is 0 Å². The van der Waals surface area contributed by atoms with Crippen LogP contribution in [0.4, 0.5) is 0 Å². The predicted octanol–water partition coefficient (Wildman–Crippen LogP) is 0.123. The fourth-order valence-corrected chi connectivity index (χ4v) is 1.77. The second kappa shape index (κ2) is 9.29. The van der Waals surface area contributed by atoms with Crippen molar-refractivity contribution in [1.29, 1.82) is 0 Å². The molecule has 0 fully saturated rings. The smallest absolute Gasteiger partial charge is 0.282 e. The van der Waals surface area contributed by atoms with Crippen LogP contribution in [0.1, 0.15) is 19.3 Å². The van der Waals surface area contributed by atoms with Crippen LogP contribution >= 0.6 is 0 Å². The molecule has 0 bridgehead atoms. The Hall–Kier alpha value is 0.0569. The van der Waals surface area contributed by atoms with Crippen molar-refractivity contribution in [1.82, 2.24) is 5.32 Å². The highest BCUT2D eigenvalue weighted by molar-refractivity contribution is 6.08. The predicted molar refractivity (Wildman–Crippen MR) is 65.2 cm³/mol. The van der Waals surface area contributed by atoms with E-state index in [0.29, 0.717) is 0 Å². The number of hydrogen-bond donors (Lipinski definition) is 1. The first-order valence-corrected chi connectivity index (χ1v) is 7.02. The van der Waals surface area contributed by atoms with Crippen LogP contribution < -0.4 is 5.32 Å². The average molecular weight is 235 g/mol. The van der Waals surface area contributed by atoms with E-state index >= 15 is 0 Å². The number of hydrogen-bond acceptors (Lipinski definition) is 4. The Morgan fingerprint density at radius 3 is 2.00 bits per heavy atom. The van der Waals surface area contributed by atoms with Crippen LogP contribution in [-0.2, 0) is 14.2 Å². The molecule has 0 spiro atoms. The third-order valence-electron chi connectivity index (χ3n) is 2.48. The van der Waals surface area contributed by atoms with Gasteiger partial charge in [-0.1, -0.05) is 6.04 Å². The van der Waals surface area contributed by atoms with Gasteiger partial charge >= 0.3 is 0 Å². The van der Waals surface area contributed by atoms with Crippen LogP contribution in [0.15, 0.2) is 0 Å². The molecule has 0 radical (unpaired) electrons. The fraction of sp³-hybridized carbons (Fsp3) is 1.00. The van der Waals surface area contributed by atoms with E-state index in [1.807, 2.05) is 0 Å². The maximum Gasteiger partial charge on any atom is 0.282 e. The summed E-state index contributed by atoms with van der Waals surface area (Å²) in [6.45, 7) is 2.10. The molecule has 0 aliphatic rings. The minimum absolute atomic E-state index is 0.740. The Morgan fingerprint density at radius 2 is 1.53 bits per heavy atom. The third kappa shape index (κ3) is 6.27. The minimum Gasteiger partial charge on any atom is -0.331 e. The van der Waals surface area contributed by atoms with Crippen molar-refractivity contribution in [2.45, 2.75) is 31.3 Å². The molecule has 0 atom stereocenters. The standard InChI is InChI=1S/C10H25NO3Si/c1-12-10(13-2,14-3)6-4-7-11-8-5-9-15/h11H,4-9H2,1-3,15H3. The molecule has 15 heavy (non-hydrogen) atoms. The van der Waals surface area contributed by atoms with Gasteiger partial charge in [-0.05, 0) is 25.9 Å². The van der Waals surface area contributed by atoms with Gasteiger partial charge in [0.15, 0.2) is 0 Å². The average Bonchev–Trinajstić information content (AvgIpc) is 2.29. The maximum atomic E-state index is 5.20. The summed E-state index contributed by atoms with van der Waals surface area (Å²) < 4.78 is 15.6. The lowest BCUT2D eigenvalue weighted by Gasteiger charge is -2.28. The SMILES string of the molecule is COC(CCCNCCC[SiH3])(OC)OC. The molecule has 1 N–H and O–H groups in total. The van der Waals surface area contributed by atoms with Gasteiger partial charge in [-0.3, -0.25) is 0 Å². The molecular formula is C10H25NO3Si. The lowest BCUT2D eigenvalue weighted by molar-refractivity contribution is -0.355. The Kier molecular flexibility index (Phi) is 9.33. The van der Waals surface area contributed by atoms with Crippen LogP contribution in [0.3, 0.4) is 0 Å². The van der Waals surface area contributed by atoms with Gasteiger partial charge in [0.1, 0.15) is 0 Å². The quantitative estimate of drug-likeness (QED) is 0.332. The van der Waals surface area contributed by atoms with Crippen LogP contribution in [0.5, 0.6) is 0 Å². The molecule has 92 valence electrons. The molecule has 0 heterocycles. The highest BCUT2D eigenvalue weighted by Gasteiger charge is 2.28. The largest absolute Gasteiger partial charge is 0.331 e. The summed E-state index contributed by atoms with van der Waals surface area (Å²) in [5, 5.41) is 3.39. The van der Waals surface area contributed by atoms with Crippen molar-refractivity contribution in [3.05, 3.63) is 0 Å². The number of ether oxygens (including phenoxy) is 3. The molecule has 0 aromatic carbocycles. The Morgan fingerprint density at radius 1 is 1.00 bits per heavy atom. The zero-order chi connectivity index (χ0) is 11.6. The van der Waals surface area contributed by atoms with E-state index in [-0.39, 0.29) is 0 Å². The second-order valence-electron chi connectivity index (χ2n) is 3.50. The zero-order valence-corrected chi connectivity index (χ0v) is 12.5. The van der Waals surface area contributed by atoms with Crippen molar-refractivity contribution in [3.63, 3.8) is 0 Å². The monoisotopic (exact) mass is 235 g/mol. The fourth-order valence-electron chi connectivity index (χ4n) is 1.41. The molecule has 0 amide bonds. The number of rotatable bonds is 10. The van der Waals surface area contributed by atoms with Crippen molar-refractivity contribution < 1.29 is 14.2 Å². The molecular weight excluding hydrogens is 210 g/mol. The maximum absolute atomic E-state index is 5.20. The minimum atomic E-state index is -0.862. The van der Waals surface area contributed by atoms with Gasteiger partial charge in [0.25, 0.3) is 5.97 Å². The number of methoxy groups -OCH3 is 3. The third-order valence-corrected chi connectivity index (χ3v) is 3.18. The molecule has 0 rings (SSSR count). The molecule has 0 unspecified atom stereocenters. The highest BCUT2D eigenvalue weighted by atomic mass is 28.1. The van der Waals surface area contributed by atoms with E-state index in [1.54, 1.807) is 21.3 Å². The van der Waals surface area contributed by atoms with E-state index in [0.717, 1.165) is 25.9 Å². The van der Waals surface area contributed by atoms with E-state index in [1.165, 1.54) is 22.7 Å². The lowest BCUT2D eigenvalue weighted by Crippen LogP contribution is -2.36. The molecule has 4 nitrogen and oxygen atoms in total.